The summed E-state index contributed by atoms with van der Waals surface area (Å²) in [5.41, 5.74) is 2.53. The number of benzene rings is 3. The van der Waals surface area contributed by atoms with E-state index in [1.165, 1.54) is 7.11 Å². The molecule has 9 nitrogen and oxygen atoms in total. The Morgan fingerprint density at radius 3 is 1.74 bits per heavy atom. The van der Waals surface area contributed by atoms with Gasteiger partial charge in [-0.2, -0.15) is 0 Å². The highest BCUT2D eigenvalue weighted by atomic mass is 16.5. The first kappa shape index (κ1) is 28.9. The highest BCUT2D eigenvalue weighted by Gasteiger charge is 2.27. The highest BCUT2D eigenvalue weighted by molar-refractivity contribution is 5.91. The first-order valence-electron chi connectivity index (χ1n) is 12.6. The molecule has 3 N–H and O–H groups in total. The van der Waals surface area contributed by atoms with Crippen molar-refractivity contribution in [2.24, 2.45) is 0 Å². The van der Waals surface area contributed by atoms with Crippen molar-refractivity contribution in [3.8, 4) is 0 Å². The number of amides is 3. The van der Waals surface area contributed by atoms with Crippen LogP contribution in [-0.2, 0) is 43.3 Å². The predicted molar refractivity (Wildman–Crippen MR) is 145 cm³/mol. The van der Waals surface area contributed by atoms with Gasteiger partial charge in [0.2, 0.25) is 11.8 Å². The summed E-state index contributed by atoms with van der Waals surface area (Å²) in [4.78, 5) is 50.4. The van der Waals surface area contributed by atoms with Crippen molar-refractivity contribution < 1.29 is 28.7 Å². The van der Waals surface area contributed by atoms with E-state index in [4.69, 9.17) is 9.47 Å². The largest absolute Gasteiger partial charge is 0.467 e. The van der Waals surface area contributed by atoms with Gasteiger partial charge >= 0.3 is 12.1 Å². The Morgan fingerprint density at radius 2 is 1.21 bits per heavy atom. The minimum absolute atomic E-state index is 0.0257. The fraction of sp³-hybridized carbons (Fsp3) is 0.267. The van der Waals surface area contributed by atoms with E-state index < -0.39 is 36.0 Å². The summed E-state index contributed by atoms with van der Waals surface area (Å²) in [5, 5.41) is 7.99. The first-order valence-corrected chi connectivity index (χ1v) is 12.6. The van der Waals surface area contributed by atoms with Crippen LogP contribution < -0.4 is 16.0 Å². The number of carbonyl (C=O) groups is 4. The van der Waals surface area contributed by atoms with Crippen LogP contribution in [0.1, 0.15) is 23.1 Å². The van der Waals surface area contributed by atoms with Gasteiger partial charge in [-0.3, -0.25) is 9.59 Å². The lowest BCUT2D eigenvalue weighted by molar-refractivity contribution is -0.145. The molecule has 0 spiro atoms. The van der Waals surface area contributed by atoms with Crippen LogP contribution in [0.2, 0.25) is 0 Å². The van der Waals surface area contributed by atoms with Gasteiger partial charge in [-0.25, -0.2) is 9.59 Å². The summed E-state index contributed by atoms with van der Waals surface area (Å²) >= 11 is 0. The maximum Gasteiger partial charge on any atom is 0.407 e. The summed E-state index contributed by atoms with van der Waals surface area (Å²) in [5.74, 6) is -1.55. The van der Waals surface area contributed by atoms with Gasteiger partial charge in [-0.1, -0.05) is 91.0 Å². The smallest absolute Gasteiger partial charge is 0.407 e. The van der Waals surface area contributed by atoms with E-state index in [0.29, 0.717) is 0 Å². The molecule has 0 aliphatic rings. The Labute approximate surface area is 227 Å². The lowest BCUT2D eigenvalue weighted by atomic mass is 10.0. The van der Waals surface area contributed by atoms with Crippen molar-refractivity contribution >= 4 is 23.9 Å². The number of alkyl carbamates (subject to hydrolysis) is 1. The molecule has 2 atom stereocenters. The van der Waals surface area contributed by atoms with Gasteiger partial charge < -0.3 is 25.4 Å². The summed E-state index contributed by atoms with van der Waals surface area (Å²) in [7, 11) is 1.26. The summed E-state index contributed by atoms with van der Waals surface area (Å²) < 4.78 is 10.0. The fourth-order valence-corrected chi connectivity index (χ4v) is 3.84. The monoisotopic (exact) mass is 531 g/mol. The average molecular weight is 532 g/mol. The molecule has 0 fully saturated rings. The Morgan fingerprint density at radius 1 is 0.692 bits per heavy atom. The normalized spacial score (nSPS) is 11.9. The molecule has 0 unspecified atom stereocenters. The molecule has 0 aliphatic heterocycles. The zero-order valence-electron chi connectivity index (χ0n) is 21.8. The van der Waals surface area contributed by atoms with E-state index in [2.05, 4.69) is 16.0 Å². The van der Waals surface area contributed by atoms with Crippen LogP contribution in [0, 0.1) is 0 Å². The van der Waals surface area contributed by atoms with Gasteiger partial charge in [0.05, 0.1) is 7.11 Å². The number of hydrogen-bond donors (Lipinski definition) is 3. The quantitative estimate of drug-likeness (QED) is 0.292. The summed E-state index contributed by atoms with van der Waals surface area (Å²) in [6.45, 7) is 0.139. The van der Waals surface area contributed by atoms with Gasteiger partial charge in [0.1, 0.15) is 18.7 Å². The maximum atomic E-state index is 13.3. The van der Waals surface area contributed by atoms with Gasteiger partial charge in [-0.15, -0.1) is 0 Å². The molecule has 39 heavy (non-hydrogen) atoms. The van der Waals surface area contributed by atoms with E-state index in [1.807, 2.05) is 91.0 Å². The number of rotatable bonds is 13. The minimum Gasteiger partial charge on any atom is -0.467 e. The second-order valence-electron chi connectivity index (χ2n) is 8.82. The van der Waals surface area contributed by atoms with Crippen molar-refractivity contribution in [2.75, 3.05) is 13.7 Å². The van der Waals surface area contributed by atoms with Crippen molar-refractivity contribution in [3.05, 3.63) is 108 Å². The van der Waals surface area contributed by atoms with Crippen LogP contribution in [0.3, 0.4) is 0 Å². The third-order valence-electron chi connectivity index (χ3n) is 5.85. The number of ether oxygens (including phenoxy) is 2. The number of esters is 1. The molecule has 0 aliphatic carbocycles. The molecule has 0 bridgehead atoms. The lowest BCUT2D eigenvalue weighted by Crippen LogP contribution is -2.53. The summed E-state index contributed by atoms with van der Waals surface area (Å²) in [6, 6.07) is 25.8. The third-order valence-corrected chi connectivity index (χ3v) is 5.85. The maximum absolute atomic E-state index is 13.3. The molecule has 0 heterocycles. The zero-order valence-corrected chi connectivity index (χ0v) is 21.8. The summed E-state index contributed by atoms with van der Waals surface area (Å²) in [6.07, 6.45) is -0.263. The molecule has 9 heteroatoms. The number of methoxy groups -OCH3 is 1. The molecule has 0 saturated heterocycles. The SMILES string of the molecule is COC(=O)[C@H](Cc1ccccc1)NC(=O)[C@H](Cc1ccccc1)NC(=O)CCNC(=O)OCc1ccccc1. The van der Waals surface area contributed by atoms with Crippen LogP contribution in [0.15, 0.2) is 91.0 Å². The van der Waals surface area contributed by atoms with Gasteiger partial charge in [-0.05, 0) is 16.7 Å². The van der Waals surface area contributed by atoms with E-state index in [-0.39, 0.29) is 32.4 Å². The zero-order chi connectivity index (χ0) is 27.9. The molecular weight excluding hydrogens is 498 g/mol. The van der Waals surface area contributed by atoms with E-state index in [0.717, 1.165) is 16.7 Å². The van der Waals surface area contributed by atoms with Gasteiger partial charge in [0.25, 0.3) is 0 Å². The number of nitrogens with one attached hydrogen (secondary N) is 3. The standard InChI is InChI=1S/C30H33N3O6/c1-38-29(36)26(20-23-13-7-3-8-14-23)33-28(35)25(19-22-11-5-2-6-12-22)32-27(34)17-18-31-30(37)39-21-24-15-9-4-10-16-24/h2-16,25-26H,17-21H2,1H3,(H,31,37)(H,32,34)(H,33,35)/t25-,26-/m0/s1. The number of carbonyl (C=O) groups excluding carboxylic acids is 4. The van der Waals surface area contributed by atoms with E-state index in [9.17, 15) is 19.2 Å². The fourth-order valence-electron chi connectivity index (χ4n) is 3.84. The molecule has 3 aromatic carbocycles. The van der Waals surface area contributed by atoms with Gasteiger partial charge in [0, 0.05) is 25.8 Å². The minimum atomic E-state index is -0.951. The Balaban J connectivity index is 1.57. The van der Waals surface area contributed by atoms with Crippen LogP contribution in [0.4, 0.5) is 4.79 Å². The topological polar surface area (TPSA) is 123 Å². The second-order valence-corrected chi connectivity index (χ2v) is 8.82. The molecule has 3 aromatic rings. The van der Waals surface area contributed by atoms with Crippen LogP contribution in [-0.4, -0.2) is 49.6 Å². The highest BCUT2D eigenvalue weighted by Crippen LogP contribution is 2.08. The molecule has 0 saturated carbocycles. The lowest BCUT2D eigenvalue weighted by Gasteiger charge is -2.22. The van der Waals surface area contributed by atoms with Crippen molar-refractivity contribution in [1.82, 2.24) is 16.0 Å². The first-order chi connectivity index (χ1) is 18.9. The molecule has 0 radical (unpaired) electrons. The van der Waals surface area contributed by atoms with Gasteiger partial charge in [0.15, 0.2) is 0 Å². The van der Waals surface area contributed by atoms with E-state index >= 15 is 0 Å². The molecule has 3 amide bonds. The van der Waals surface area contributed by atoms with Crippen LogP contribution in [0.25, 0.3) is 0 Å². The Bertz CT molecular complexity index is 1210. The molecule has 3 rings (SSSR count). The molecule has 204 valence electrons. The second kappa shape index (κ2) is 15.6. The van der Waals surface area contributed by atoms with E-state index in [1.54, 1.807) is 0 Å². The van der Waals surface area contributed by atoms with Crippen LogP contribution >= 0.6 is 0 Å². The Kier molecular flexibility index (Phi) is 11.5. The van der Waals surface area contributed by atoms with Crippen molar-refractivity contribution in [1.29, 1.82) is 0 Å². The molecular formula is C30H33N3O6. The number of hydrogen-bond acceptors (Lipinski definition) is 6. The van der Waals surface area contributed by atoms with Crippen molar-refractivity contribution in [2.45, 2.75) is 38.0 Å². The molecule has 0 aromatic heterocycles. The van der Waals surface area contributed by atoms with Crippen molar-refractivity contribution in [3.63, 3.8) is 0 Å². The predicted octanol–water partition coefficient (Wildman–Crippen LogP) is 2.93. The third kappa shape index (κ3) is 10.3. The Hall–Kier alpha value is -4.66. The van der Waals surface area contributed by atoms with Crippen LogP contribution in [0.5, 0.6) is 0 Å². The average Bonchev–Trinajstić information content (AvgIpc) is 2.96.